The lowest BCUT2D eigenvalue weighted by Gasteiger charge is -2.04. The first kappa shape index (κ1) is 11.6. The highest BCUT2D eigenvalue weighted by Gasteiger charge is 2.11. The molecular weight excluding hydrogens is 240 g/mol. The van der Waals surface area contributed by atoms with E-state index in [2.05, 4.69) is 10.3 Å². The maximum Gasteiger partial charge on any atom is 0.229 e. The van der Waals surface area contributed by atoms with Crippen molar-refractivity contribution in [3.63, 3.8) is 0 Å². The summed E-state index contributed by atoms with van der Waals surface area (Å²) in [4.78, 5) is 4.51. The van der Waals surface area contributed by atoms with Gasteiger partial charge in [-0.3, -0.25) is 0 Å². The van der Waals surface area contributed by atoms with Crippen LogP contribution in [-0.4, -0.2) is 19.1 Å². The van der Waals surface area contributed by atoms with Gasteiger partial charge in [-0.25, -0.2) is 4.98 Å². The Bertz CT molecular complexity index is 719. The van der Waals surface area contributed by atoms with Crippen molar-refractivity contribution < 1.29 is 9.15 Å². The highest BCUT2D eigenvalue weighted by atomic mass is 16.5. The first-order chi connectivity index (χ1) is 9.31. The van der Waals surface area contributed by atoms with Crippen LogP contribution in [0.4, 0.5) is 5.69 Å². The third-order valence-electron chi connectivity index (χ3n) is 3.02. The van der Waals surface area contributed by atoms with Crippen LogP contribution in [-0.2, 0) is 0 Å². The molecule has 19 heavy (non-hydrogen) atoms. The molecule has 0 spiro atoms. The number of rotatable bonds is 3. The van der Waals surface area contributed by atoms with E-state index in [-0.39, 0.29) is 0 Å². The largest absolute Gasteiger partial charge is 0.497 e. The van der Waals surface area contributed by atoms with Crippen molar-refractivity contribution in [2.45, 2.75) is 0 Å². The fraction of sp³-hybridized carbons (Fsp3) is 0.133. The number of nitrogens with zero attached hydrogens (tertiary/aromatic N) is 1. The number of fused-ring (bicyclic) bond motifs is 1. The zero-order valence-electron chi connectivity index (χ0n) is 10.8. The number of para-hydroxylation sites is 1. The fourth-order valence-electron chi connectivity index (χ4n) is 2.04. The number of ether oxygens (including phenoxy) is 1. The maximum absolute atomic E-state index is 5.79. The second-order valence-electron chi connectivity index (χ2n) is 4.15. The van der Waals surface area contributed by atoms with E-state index in [1.165, 1.54) is 0 Å². The van der Waals surface area contributed by atoms with Crippen LogP contribution in [0, 0.1) is 0 Å². The Labute approximate surface area is 111 Å². The van der Waals surface area contributed by atoms with Gasteiger partial charge in [0.1, 0.15) is 11.3 Å². The Hall–Kier alpha value is -2.49. The fourth-order valence-corrected chi connectivity index (χ4v) is 2.04. The Morgan fingerprint density at radius 1 is 1.16 bits per heavy atom. The maximum atomic E-state index is 5.79. The molecule has 0 saturated heterocycles. The van der Waals surface area contributed by atoms with Gasteiger partial charge in [-0.15, -0.1) is 0 Å². The zero-order chi connectivity index (χ0) is 13.2. The van der Waals surface area contributed by atoms with E-state index in [4.69, 9.17) is 9.15 Å². The minimum Gasteiger partial charge on any atom is -0.497 e. The van der Waals surface area contributed by atoms with Crippen molar-refractivity contribution in [2.24, 2.45) is 0 Å². The first-order valence-electron chi connectivity index (χ1n) is 6.03. The van der Waals surface area contributed by atoms with E-state index in [9.17, 15) is 0 Å². The van der Waals surface area contributed by atoms with Crippen LogP contribution in [0.1, 0.15) is 0 Å². The van der Waals surface area contributed by atoms with E-state index in [0.717, 1.165) is 28.1 Å². The topological polar surface area (TPSA) is 47.3 Å². The van der Waals surface area contributed by atoms with Crippen molar-refractivity contribution in [1.82, 2.24) is 4.98 Å². The second-order valence-corrected chi connectivity index (χ2v) is 4.15. The number of aromatic nitrogens is 1. The van der Waals surface area contributed by atoms with Gasteiger partial charge in [-0.05, 0) is 24.3 Å². The Morgan fingerprint density at radius 2 is 2.00 bits per heavy atom. The standard InChI is InChI=1S/C15H14N2O2/c1-16-12-6-4-3-5-11(12)15-17-13-9-10(18-2)7-8-14(13)19-15/h3-9,16H,1-2H3. The molecule has 0 bridgehead atoms. The molecule has 0 unspecified atom stereocenters. The lowest BCUT2D eigenvalue weighted by Crippen LogP contribution is -1.91. The van der Waals surface area contributed by atoms with Crippen molar-refractivity contribution in [1.29, 1.82) is 0 Å². The molecule has 4 nitrogen and oxygen atoms in total. The molecular formula is C15H14N2O2. The number of oxazole rings is 1. The Kier molecular flexibility index (Phi) is 2.83. The van der Waals surface area contributed by atoms with E-state index in [1.54, 1.807) is 7.11 Å². The molecule has 0 aliphatic heterocycles. The normalized spacial score (nSPS) is 10.6. The van der Waals surface area contributed by atoms with E-state index in [0.29, 0.717) is 5.89 Å². The minimum atomic E-state index is 0.605. The summed E-state index contributed by atoms with van der Waals surface area (Å²) >= 11 is 0. The van der Waals surface area contributed by atoms with Gasteiger partial charge in [0.05, 0.1) is 12.7 Å². The van der Waals surface area contributed by atoms with E-state index < -0.39 is 0 Å². The zero-order valence-corrected chi connectivity index (χ0v) is 10.8. The molecule has 3 rings (SSSR count). The van der Waals surface area contributed by atoms with Crippen molar-refractivity contribution in [3.05, 3.63) is 42.5 Å². The molecule has 3 aromatic rings. The Morgan fingerprint density at radius 3 is 2.79 bits per heavy atom. The summed E-state index contributed by atoms with van der Waals surface area (Å²) in [7, 11) is 3.52. The summed E-state index contributed by atoms with van der Waals surface area (Å²) < 4.78 is 11.0. The van der Waals surface area contributed by atoms with Gasteiger partial charge < -0.3 is 14.5 Å². The molecule has 1 heterocycles. The molecule has 0 fully saturated rings. The predicted molar refractivity (Wildman–Crippen MR) is 75.5 cm³/mol. The Balaban J connectivity index is 2.15. The molecule has 1 aromatic heterocycles. The minimum absolute atomic E-state index is 0.605. The van der Waals surface area contributed by atoms with Crippen LogP contribution in [0.15, 0.2) is 46.9 Å². The van der Waals surface area contributed by atoms with E-state index >= 15 is 0 Å². The molecule has 0 aliphatic rings. The third-order valence-corrected chi connectivity index (χ3v) is 3.02. The van der Waals surface area contributed by atoms with Crippen LogP contribution in [0.5, 0.6) is 5.75 Å². The molecule has 0 atom stereocenters. The SMILES string of the molecule is CNc1ccccc1-c1nc2cc(OC)ccc2o1. The van der Waals surface area contributed by atoms with Gasteiger partial charge in [0.2, 0.25) is 5.89 Å². The first-order valence-corrected chi connectivity index (χ1v) is 6.03. The smallest absolute Gasteiger partial charge is 0.229 e. The van der Waals surface area contributed by atoms with Crippen LogP contribution in [0.2, 0.25) is 0 Å². The molecule has 0 aliphatic carbocycles. The summed E-state index contributed by atoms with van der Waals surface area (Å²) in [5, 5.41) is 3.14. The summed E-state index contributed by atoms with van der Waals surface area (Å²) in [6, 6.07) is 13.5. The van der Waals surface area contributed by atoms with Gasteiger partial charge >= 0.3 is 0 Å². The summed E-state index contributed by atoms with van der Waals surface area (Å²) in [5.74, 6) is 1.38. The van der Waals surface area contributed by atoms with Gasteiger partial charge in [0, 0.05) is 18.8 Å². The molecule has 2 aromatic carbocycles. The average molecular weight is 254 g/mol. The molecule has 0 amide bonds. The lowest BCUT2D eigenvalue weighted by atomic mass is 10.2. The lowest BCUT2D eigenvalue weighted by molar-refractivity contribution is 0.415. The van der Waals surface area contributed by atoms with Crippen LogP contribution < -0.4 is 10.1 Å². The highest BCUT2D eigenvalue weighted by Crippen LogP contribution is 2.30. The summed E-state index contributed by atoms with van der Waals surface area (Å²) in [6.07, 6.45) is 0. The number of nitrogens with one attached hydrogen (secondary N) is 1. The van der Waals surface area contributed by atoms with Gasteiger partial charge in [-0.1, -0.05) is 12.1 Å². The number of hydrogen-bond acceptors (Lipinski definition) is 4. The number of anilines is 1. The van der Waals surface area contributed by atoms with Crippen molar-refractivity contribution >= 4 is 16.8 Å². The summed E-state index contributed by atoms with van der Waals surface area (Å²) in [6.45, 7) is 0. The van der Waals surface area contributed by atoms with E-state index in [1.807, 2.05) is 49.5 Å². The number of benzene rings is 2. The van der Waals surface area contributed by atoms with Gasteiger partial charge in [0.15, 0.2) is 5.58 Å². The number of hydrogen-bond donors (Lipinski definition) is 1. The average Bonchev–Trinajstić information content (AvgIpc) is 2.89. The van der Waals surface area contributed by atoms with Gasteiger partial charge in [-0.2, -0.15) is 0 Å². The van der Waals surface area contributed by atoms with Gasteiger partial charge in [0.25, 0.3) is 0 Å². The molecule has 1 N–H and O–H groups in total. The molecule has 4 heteroatoms. The summed E-state index contributed by atoms with van der Waals surface area (Å²) in [5.41, 5.74) is 3.48. The predicted octanol–water partition coefficient (Wildman–Crippen LogP) is 3.55. The second kappa shape index (κ2) is 4.65. The third kappa shape index (κ3) is 2.01. The quantitative estimate of drug-likeness (QED) is 0.776. The van der Waals surface area contributed by atoms with Crippen molar-refractivity contribution in [3.8, 4) is 17.2 Å². The number of methoxy groups -OCH3 is 1. The highest BCUT2D eigenvalue weighted by molar-refractivity contribution is 5.81. The molecule has 0 radical (unpaired) electrons. The van der Waals surface area contributed by atoms with Crippen LogP contribution in [0.25, 0.3) is 22.6 Å². The van der Waals surface area contributed by atoms with Crippen LogP contribution >= 0.6 is 0 Å². The molecule has 0 saturated carbocycles. The molecule has 96 valence electrons. The van der Waals surface area contributed by atoms with Crippen molar-refractivity contribution in [2.75, 3.05) is 19.5 Å². The van der Waals surface area contributed by atoms with Crippen LogP contribution in [0.3, 0.4) is 0 Å². The monoisotopic (exact) mass is 254 g/mol.